The number of hydrogen-bond acceptors (Lipinski definition) is 2. The number of benzene rings is 1. The molecule has 0 bridgehead atoms. The molecule has 1 amide bonds. The van der Waals surface area contributed by atoms with Crippen molar-refractivity contribution in [2.24, 2.45) is 4.99 Å². The molecule has 2 rings (SSSR count). The molecule has 26 heavy (non-hydrogen) atoms. The molecule has 0 saturated heterocycles. The van der Waals surface area contributed by atoms with Crippen molar-refractivity contribution in [2.45, 2.75) is 51.0 Å². The minimum absolute atomic E-state index is 0.0885. The first-order valence-electron chi connectivity index (χ1n) is 9.26. The Balaban J connectivity index is 1.59. The molecule has 1 aliphatic rings. The molecule has 144 valence electrons. The average Bonchev–Trinajstić information content (AvgIpc) is 3.11. The van der Waals surface area contributed by atoms with Crippen molar-refractivity contribution in [3.05, 3.63) is 34.1 Å². The fraction of sp³-hybridized carbons (Fsp3) is 0.579. The normalized spacial score (nSPS) is 15.1. The van der Waals surface area contributed by atoms with E-state index in [4.69, 9.17) is 0 Å². The van der Waals surface area contributed by atoms with Crippen molar-refractivity contribution < 1.29 is 9.18 Å². The first-order chi connectivity index (χ1) is 12.6. The van der Waals surface area contributed by atoms with Crippen LogP contribution < -0.4 is 16.0 Å². The molecular formula is C19H28BrFN4O. The number of amides is 1. The van der Waals surface area contributed by atoms with Crippen LogP contribution in [0.1, 0.15) is 44.1 Å². The maximum Gasteiger partial charge on any atom is 0.221 e. The van der Waals surface area contributed by atoms with E-state index in [0.717, 1.165) is 23.7 Å². The molecule has 1 fully saturated rings. The zero-order valence-electron chi connectivity index (χ0n) is 15.3. The molecule has 0 aliphatic heterocycles. The lowest BCUT2D eigenvalue weighted by atomic mass is 10.1. The molecule has 3 N–H and O–H groups in total. The van der Waals surface area contributed by atoms with Crippen molar-refractivity contribution in [2.75, 3.05) is 20.1 Å². The predicted octanol–water partition coefficient (Wildman–Crippen LogP) is 3.13. The number of aliphatic imine (C=N–C) groups is 1. The van der Waals surface area contributed by atoms with Crippen LogP contribution >= 0.6 is 15.9 Å². The van der Waals surface area contributed by atoms with Crippen LogP contribution in [0.4, 0.5) is 4.39 Å². The van der Waals surface area contributed by atoms with Gasteiger partial charge < -0.3 is 16.0 Å². The Morgan fingerprint density at radius 2 is 2.00 bits per heavy atom. The number of halogens is 2. The van der Waals surface area contributed by atoms with Crippen LogP contribution in [-0.2, 0) is 11.2 Å². The standard InChI is InChI=1S/C19H28BrFN4O/c1-22-19(24-12-10-18(26)25-16-6-2-3-7-16)23-11-4-5-14-8-9-15(20)13-17(14)21/h8-9,13,16H,2-7,10-12H2,1H3,(H,25,26)(H2,22,23,24). The predicted molar refractivity (Wildman–Crippen MR) is 107 cm³/mol. The highest BCUT2D eigenvalue weighted by Gasteiger charge is 2.16. The van der Waals surface area contributed by atoms with Gasteiger partial charge in [-0.2, -0.15) is 0 Å². The number of carbonyl (C=O) groups is 1. The lowest BCUT2D eigenvalue weighted by molar-refractivity contribution is -0.121. The van der Waals surface area contributed by atoms with Crippen molar-refractivity contribution in [3.8, 4) is 0 Å². The molecule has 1 aromatic carbocycles. The molecule has 0 aromatic heterocycles. The van der Waals surface area contributed by atoms with Crippen molar-refractivity contribution in [1.82, 2.24) is 16.0 Å². The Labute approximate surface area is 163 Å². The Morgan fingerprint density at radius 3 is 2.69 bits per heavy atom. The van der Waals surface area contributed by atoms with E-state index < -0.39 is 0 Å². The molecule has 7 heteroatoms. The quantitative estimate of drug-likeness (QED) is 0.339. The third-order valence-corrected chi connectivity index (χ3v) is 5.01. The zero-order valence-corrected chi connectivity index (χ0v) is 16.9. The van der Waals surface area contributed by atoms with Gasteiger partial charge in [-0.1, -0.05) is 34.8 Å². The number of aryl methyl sites for hydroxylation is 1. The van der Waals surface area contributed by atoms with Crippen molar-refractivity contribution in [3.63, 3.8) is 0 Å². The van der Waals surface area contributed by atoms with Gasteiger partial charge >= 0.3 is 0 Å². The van der Waals surface area contributed by atoms with Gasteiger partial charge in [-0.15, -0.1) is 0 Å². The fourth-order valence-corrected chi connectivity index (χ4v) is 3.43. The highest BCUT2D eigenvalue weighted by molar-refractivity contribution is 9.10. The minimum atomic E-state index is -0.185. The molecule has 0 spiro atoms. The van der Waals surface area contributed by atoms with Crippen molar-refractivity contribution in [1.29, 1.82) is 0 Å². The van der Waals surface area contributed by atoms with Crippen LogP contribution in [0, 0.1) is 5.82 Å². The highest BCUT2D eigenvalue weighted by atomic mass is 79.9. The van der Waals surface area contributed by atoms with Crippen LogP contribution in [0.5, 0.6) is 0 Å². The molecule has 5 nitrogen and oxygen atoms in total. The van der Waals surface area contributed by atoms with Gasteiger partial charge in [0.2, 0.25) is 5.91 Å². The van der Waals surface area contributed by atoms with E-state index in [9.17, 15) is 9.18 Å². The van der Waals surface area contributed by atoms with Crippen molar-refractivity contribution >= 4 is 27.8 Å². The SMILES string of the molecule is CN=C(NCCCc1ccc(Br)cc1F)NCCC(=O)NC1CCCC1. The largest absolute Gasteiger partial charge is 0.356 e. The summed E-state index contributed by atoms with van der Waals surface area (Å²) in [6.45, 7) is 1.23. The van der Waals surface area contributed by atoms with Gasteiger partial charge in [-0.25, -0.2) is 4.39 Å². The molecule has 1 aromatic rings. The van der Waals surface area contributed by atoms with E-state index in [2.05, 4.69) is 36.9 Å². The number of guanidine groups is 1. The summed E-state index contributed by atoms with van der Waals surface area (Å²) in [7, 11) is 1.70. The van der Waals surface area contributed by atoms with E-state index >= 15 is 0 Å². The second-order valence-electron chi connectivity index (χ2n) is 6.56. The van der Waals surface area contributed by atoms with Gasteiger partial charge in [0.05, 0.1) is 0 Å². The number of carbonyl (C=O) groups excluding carboxylic acids is 1. The van der Waals surface area contributed by atoms with Crippen LogP contribution in [0.3, 0.4) is 0 Å². The molecule has 0 radical (unpaired) electrons. The van der Waals surface area contributed by atoms with Gasteiger partial charge in [0, 0.05) is 37.1 Å². The van der Waals surface area contributed by atoms with Crippen LogP contribution in [0.2, 0.25) is 0 Å². The van der Waals surface area contributed by atoms with Gasteiger partial charge in [-0.05, 0) is 43.4 Å². The van der Waals surface area contributed by atoms with E-state index in [1.54, 1.807) is 13.1 Å². The molecule has 0 unspecified atom stereocenters. The first kappa shape index (κ1) is 20.7. The second kappa shape index (κ2) is 11.2. The van der Waals surface area contributed by atoms with Crippen LogP contribution in [-0.4, -0.2) is 38.0 Å². The Bertz CT molecular complexity index is 618. The maximum atomic E-state index is 13.8. The summed E-state index contributed by atoms with van der Waals surface area (Å²) >= 11 is 3.26. The highest BCUT2D eigenvalue weighted by Crippen LogP contribution is 2.17. The Morgan fingerprint density at radius 1 is 1.27 bits per heavy atom. The third-order valence-electron chi connectivity index (χ3n) is 4.52. The summed E-state index contributed by atoms with van der Waals surface area (Å²) < 4.78 is 14.5. The molecule has 1 aliphatic carbocycles. The topological polar surface area (TPSA) is 65.5 Å². The maximum absolute atomic E-state index is 13.8. The smallest absolute Gasteiger partial charge is 0.221 e. The molecule has 0 heterocycles. The summed E-state index contributed by atoms with van der Waals surface area (Å²) in [4.78, 5) is 16.0. The fourth-order valence-electron chi connectivity index (χ4n) is 3.10. The molecule has 1 saturated carbocycles. The van der Waals surface area contributed by atoms with E-state index in [1.165, 1.54) is 18.9 Å². The molecule has 0 atom stereocenters. The minimum Gasteiger partial charge on any atom is -0.356 e. The van der Waals surface area contributed by atoms with Gasteiger partial charge in [0.25, 0.3) is 0 Å². The Kier molecular flexibility index (Phi) is 8.88. The summed E-state index contributed by atoms with van der Waals surface area (Å²) in [6, 6.07) is 5.50. The zero-order chi connectivity index (χ0) is 18.8. The monoisotopic (exact) mass is 426 g/mol. The van der Waals surface area contributed by atoms with Gasteiger partial charge in [0.15, 0.2) is 5.96 Å². The lowest BCUT2D eigenvalue weighted by Gasteiger charge is -2.14. The number of rotatable bonds is 8. The van der Waals surface area contributed by atoms with E-state index in [-0.39, 0.29) is 11.7 Å². The lowest BCUT2D eigenvalue weighted by Crippen LogP contribution is -2.40. The van der Waals surface area contributed by atoms with E-state index in [0.29, 0.717) is 43.5 Å². The van der Waals surface area contributed by atoms with Gasteiger partial charge in [-0.3, -0.25) is 9.79 Å². The summed E-state index contributed by atoms with van der Waals surface area (Å²) in [6.07, 6.45) is 6.51. The van der Waals surface area contributed by atoms with E-state index in [1.807, 2.05) is 6.07 Å². The third kappa shape index (κ3) is 7.32. The number of nitrogens with one attached hydrogen (secondary N) is 3. The first-order valence-corrected chi connectivity index (χ1v) is 10.1. The Hall–Kier alpha value is -1.63. The summed E-state index contributed by atoms with van der Waals surface area (Å²) in [5.74, 6) is 0.565. The summed E-state index contributed by atoms with van der Waals surface area (Å²) in [5.41, 5.74) is 0.710. The number of hydrogen-bond donors (Lipinski definition) is 3. The second-order valence-corrected chi connectivity index (χ2v) is 7.48. The number of nitrogens with zero attached hydrogens (tertiary/aromatic N) is 1. The van der Waals surface area contributed by atoms with Crippen LogP contribution in [0.25, 0.3) is 0 Å². The van der Waals surface area contributed by atoms with Gasteiger partial charge in [0.1, 0.15) is 5.82 Å². The summed E-state index contributed by atoms with van der Waals surface area (Å²) in [5, 5.41) is 9.41. The van der Waals surface area contributed by atoms with Crippen LogP contribution in [0.15, 0.2) is 27.7 Å². The average molecular weight is 427 g/mol. The molecular weight excluding hydrogens is 399 g/mol.